The van der Waals surface area contributed by atoms with Crippen LogP contribution in [0.1, 0.15) is 11.1 Å². The largest absolute Gasteiger partial charge is 0.496 e. The van der Waals surface area contributed by atoms with E-state index < -0.39 is 0 Å². The molecule has 0 saturated carbocycles. The molecule has 0 aliphatic rings. The van der Waals surface area contributed by atoms with Crippen molar-refractivity contribution >= 4 is 5.84 Å². The van der Waals surface area contributed by atoms with Gasteiger partial charge in [-0.25, -0.2) is 4.39 Å². The van der Waals surface area contributed by atoms with E-state index in [1.807, 2.05) is 0 Å². The zero-order valence-corrected chi connectivity index (χ0v) is 11.0. The van der Waals surface area contributed by atoms with Crippen molar-refractivity contribution in [2.45, 2.75) is 6.61 Å². The van der Waals surface area contributed by atoms with Gasteiger partial charge in [-0.3, -0.25) is 5.41 Å². The quantitative estimate of drug-likeness (QED) is 0.650. The summed E-state index contributed by atoms with van der Waals surface area (Å²) in [5.74, 6) is 0.573. The van der Waals surface area contributed by atoms with E-state index in [9.17, 15) is 4.39 Å². The molecule has 0 aromatic heterocycles. The number of hydrogen-bond donors (Lipinski definition) is 2. The third kappa shape index (κ3) is 3.26. The Bertz CT molecular complexity index is 629. The van der Waals surface area contributed by atoms with Crippen molar-refractivity contribution in [3.63, 3.8) is 0 Å². The fourth-order valence-corrected chi connectivity index (χ4v) is 1.77. The highest BCUT2D eigenvalue weighted by molar-refractivity contribution is 5.97. The average molecular weight is 274 g/mol. The Labute approximate surface area is 116 Å². The summed E-state index contributed by atoms with van der Waals surface area (Å²) >= 11 is 0. The van der Waals surface area contributed by atoms with Crippen molar-refractivity contribution in [3.05, 3.63) is 59.4 Å². The highest BCUT2D eigenvalue weighted by atomic mass is 19.1. The monoisotopic (exact) mass is 274 g/mol. The van der Waals surface area contributed by atoms with Gasteiger partial charge in [0.1, 0.15) is 29.8 Å². The summed E-state index contributed by atoms with van der Waals surface area (Å²) in [5, 5.41) is 7.43. The fraction of sp³-hybridized carbons (Fsp3) is 0.133. The van der Waals surface area contributed by atoms with Gasteiger partial charge in [0.05, 0.1) is 12.7 Å². The molecule has 4 nitrogen and oxygen atoms in total. The molecule has 0 unspecified atom stereocenters. The molecule has 2 aromatic carbocycles. The zero-order chi connectivity index (χ0) is 14.5. The zero-order valence-electron chi connectivity index (χ0n) is 11.0. The van der Waals surface area contributed by atoms with Crippen molar-refractivity contribution in [1.29, 1.82) is 5.41 Å². The third-order valence-electron chi connectivity index (χ3n) is 2.76. The third-order valence-corrected chi connectivity index (χ3v) is 2.76. The molecule has 3 N–H and O–H groups in total. The Hall–Kier alpha value is -2.56. The van der Waals surface area contributed by atoms with Crippen LogP contribution in [0.5, 0.6) is 11.5 Å². The van der Waals surface area contributed by atoms with Crippen LogP contribution in [0.2, 0.25) is 0 Å². The summed E-state index contributed by atoms with van der Waals surface area (Å²) < 4.78 is 23.7. The maximum absolute atomic E-state index is 13.0. The lowest BCUT2D eigenvalue weighted by Gasteiger charge is -2.10. The number of hydrogen-bond acceptors (Lipinski definition) is 3. The molecule has 0 bridgehead atoms. The number of rotatable bonds is 5. The first kappa shape index (κ1) is 13.9. The molecule has 2 rings (SSSR count). The van der Waals surface area contributed by atoms with E-state index in [1.54, 1.807) is 30.3 Å². The van der Waals surface area contributed by atoms with Gasteiger partial charge in [0, 0.05) is 6.07 Å². The Morgan fingerprint density at radius 2 is 2.05 bits per heavy atom. The van der Waals surface area contributed by atoms with Crippen molar-refractivity contribution < 1.29 is 13.9 Å². The summed E-state index contributed by atoms with van der Waals surface area (Å²) in [6.45, 7) is 0.276. The molecule has 0 atom stereocenters. The molecule has 2 aromatic rings. The molecule has 0 saturated heterocycles. The van der Waals surface area contributed by atoms with Crippen LogP contribution in [0, 0.1) is 11.2 Å². The summed E-state index contributed by atoms with van der Waals surface area (Å²) in [6.07, 6.45) is 0. The van der Waals surface area contributed by atoms with Gasteiger partial charge in [0.2, 0.25) is 0 Å². The van der Waals surface area contributed by atoms with Crippen LogP contribution >= 0.6 is 0 Å². The van der Waals surface area contributed by atoms with Crippen LogP contribution in [-0.4, -0.2) is 12.9 Å². The number of nitrogen functional groups attached to an aromatic ring is 1. The van der Waals surface area contributed by atoms with Crippen LogP contribution in [0.4, 0.5) is 4.39 Å². The van der Waals surface area contributed by atoms with E-state index in [4.69, 9.17) is 20.6 Å². The van der Waals surface area contributed by atoms with E-state index in [0.717, 1.165) is 5.56 Å². The van der Waals surface area contributed by atoms with Gasteiger partial charge in [-0.2, -0.15) is 0 Å². The molecule has 0 amide bonds. The van der Waals surface area contributed by atoms with Crippen molar-refractivity contribution in [1.82, 2.24) is 0 Å². The van der Waals surface area contributed by atoms with Crippen molar-refractivity contribution in [2.24, 2.45) is 5.73 Å². The predicted molar refractivity (Wildman–Crippen MR) is 74.7 cm³/mol. The van der Waals surface area contributed by atoms with Crippen molar-refractivity contribution in [2.75, 3.05) is 7.11 Å². The van der Waals surface area contributed by atoms with Crippen LogP contribution in [-0.2, 0) is 6.61 Å². The molecular formula is C15H15FN2O2. The lowest BCUT2D eigenvalue weighted by molar-refractivity contribution is 0.303. The molecule has 0 aliphatic carbocycles. The maximum atomic E-state index is 13.0. The second kappa shape index (κ2) is 6.06. The minimum atomic E-state index is -0.341. The fourth-order valence-electron chi connectivity index (χ4n) is 1.77. The molecule has 0 radical (unpaired) electrons. The number of halogens is 1. The number of nitrogens with two attached hydrogens (primary N) is 1. The molecular weight excluding hydrogens is 259 g/mol. The Morgan fingerprint density at radius 1 is 1.25 bits per heavy atom. The van der Waals surface area contributed by atoms with Gasteiger partial charge in [0.25, 0.3) is 0 Å². The standard InChI is InChI=1S/C15H15FN2O2/c1-19-14-7-10(5-6-13(14)15(17)18)9-20-12-4-2-3-11(16)8-12/h2-8H,9H2,1H3,(H3,17,18). The van der Waals surface area contributed by atoms with E-state index in [-0.39, 0.29) is 18.3 Å². The first-order valence-corrected chi connectivity index (χ1v) is 6.00. The minimum Gasteiger partial charge on any atom is -0.496 e. The van der Waals surface area contributed by atoms with Gasteiger partial charge in [-0.05, 0) is 29.8 Å². The Kier molecular flexibility index (Phi) is 4.20. The molecule has 20 heavy (non-hydrogen) atoms. The molecule has 104 valence electrons. The van der Waals surface area contributed by atoms with Gasteiger partial charge in [-0.15, -0.1) is 0 Å². The van der Waals surface area contributed by atoms with Gasteiger partial charge in [-0.1, -0.05) is 12.1 Å². The van der Waals surface area contributed by atoms with Crippen LogP contribution < -0.4 is 15.2 Å². The maximum Gasteiger partial charge on any atom is 0.130 e. The number of methoxy groups -OCH3 is 1. The number of benzene rings is 2. The van der Waals surface area contributed by atoms with Gasteiger partial charge >= 0.3 is 0 Å². The Balaban J connectivity index is 2.12. The SMILES string of the molecule is COc1cc(COc2cccc(F)c2)ccc1C(=N)N. The Morgan fingerprint density at radius 3 is 2.70 bits per heavy atom. The summed E-state index contributed by atoms with van der Waals surface area (Å²) in [7, 11) is 1.51. The van der Waals surface area contributed by atoms with Gasteiger partial charge in [0.15, 0.2) is 0 Å². The highest BCUT2D eigenvalue weighted by Crippen LogP contribution is 2.21. The smallest absolute Gasteiger partial charge is 0.130 e. The van der Waals surface area contributed by atoms with Crippen LogP contribution in [0.15, 0.2) is 42.5 Å². The van der Waals surface area contributed by atoms with Crippen LogP contribution in [0.3, 0.4) is 0 Å². The molecule has 0 aliphatic heterocycles. The lowest BCUT2D eigenvalue weighted by Crippen LogP contribution is -2.12. The first-order valence-electron chi connectivity index (χ1n) is 6.00. The van der Waals surface area contributed by atoms with E-state index in [1.165, 1.54) is 19.2 Å². The average Bonchev–Trinajstić information content (AvgIpc) is 2.44. The molecule has 0 heterocycles. The topological polar surface area (TPSA) is 68.3 Å². The van der Waals surface area contributed by atoms with E-state index in [2.05, 4.69) is 0 Å². The van der Waals surface area contributed by atoms with E-state index in [0.29, 0.717) is 17.1 Å². The number of nitrogens with one attached hydrogen (secondary N) is 1. The highest BCUT2D eigenvalue weighted by Gasteiger charge is 2.07. The minimum absolute atomic E-state index is 0.0561. The first-order chi connectivity index (χ1) is 9.60. The number of ether oxygens (including phenoxy) is 2. The lowest BCUT2D eigenvalue weighted by atomic mass is 10.1. The second-order valence-corrected chi connectivity index (χ2v) is 4.19. The van der Waals surface area contributed by atoms with Crippen LogP contribution in [0.25, 0.3) is 0 Å². The second-order valence-electron chi connectivity index (χ2n) is 4.19. The molecule has 0 fully saturated rings. The van der Waals surface area contributed by atoms with Crippen molar-refractivity contribution in [3.8, 4) is 11.5 Å². The molecule has 0 spiro atoms. The summed E-state index contributed by atoms with van der Waals surface area (Å²) in [6, 6.07) is 11.2. The van der Waals surface area contributed by atoms with Gasteiger partial charge < -0.3 is 15.2 Å². The predicted octanol–water partition coefficient (Wildman–Crippen LogP) is 2.70. The van der Waals surface area contributed by atoms with E-state index >= 15 is 0 Å². The normalized spacial score (nSPS) is 10.1. The molecule has 5 heteroatoms. The summed E-state index contributed by atoms with van der Waals surface area (Å²) in [5.41, 5.74) is 6.83. The number of amidine groups is 1. The summed E-state index contributed by atoms with van der Waals surface area (Å²) in [4.78, 5) is 0.